The van der Waals surface area contributed by atoms with E-state index in [2.05, 4.69) is 6.92 Å². The maximum atomic E-state index is 12.4. The number of sulfonamides is 1. The van der Waals surface area contributed by atoms with E-state index in [1.54, 1.807) is 18.5 Å². The Morgan fingerprint density at radius 3 is 2.68 bits per heavy atom. The van der Waals surface area contributed by atoms with Crippen LogP contribution < -0.4 is 5.73 Å². The van der Waals surface area contributed by atoms with Gasteiger partial charge in [-0.2, -0.15) is 4.31 Å². The predicted molar refractivity (Wildman–Crippen MR) is 77.5 cm³/mol. The van der Waals surface area contributed by atoms with Gasteiger partial charge in [0.05, 0.1) is 5.75 Å². The summed E-state index contributed by atoms with van der Waals surface area (Å²) in [5.41, 5.74) is 5.54. The number of methoxy groups -OCH3 is 1. The third-order valence-electron chi connectivity index (χ3n) is 4.28. The molecule has 0 amide bonds. The van der Waals surface area contributed by atoms with Gasteiger partial charge in [0.15, 0.2) is 0 Å². The molecule has 6 heteroatoms. The normalized spacial score (nSPS) is 28.8. The highest BCUT2D eigenvalue weighted by molar-refractivity contribution is 7.89. The molecule has 0 spiro atoms. The lowest BCUT2D eigenvalue weighted by Gasteiger charge is -2.45. The largest absolute Gasteiger partial charge is 0.385 e. The summed E-state index contributed by atoms with van der Waals surface area (Å²) in [6.07, 6.45) is 4.48. The Labute approximate surface area is 117 Å². The quantitative estimate of drug-likeness (QED) is 0.715. The van der Waals surface area contributed by atoms with Gasteiger partial charge >= 0.3 is 0 Å². The Morgan fingerprint density at radius 2 is 2.16 bits per heavy atom. The van der Waals surface area contributed by atoms with Gasteiger partial charge in [0.2, 0.25) is 10.0 Å². The van der Waals surface area contributed by atoms with Crippen LogP contribution in [0.5, 0.6) is 0 Å². The minimum absolute atomic E-state index is 0.132. The zero-order valence-electron chi connectivity index (χ0n) is 12.4. The topological polar surface area (TPSA) is 72.6 Å². The van der Waals surface area contributed by atoms with Gasteiger partial charge in [-0.3, -0.25) is 0 Å². The van der Waals surface area contributed by atoms with Crippen molar-refractivity contribution in [2.75, 3.05) is 33.1 Å². The molecule has 2 atom stereocenters. The first-order valence-corrected chi connectivity index (χ1v) is 8.64. The number of hydrogen-bond acceptors (Lipinski definition) is 4. The average molecular weight is 292 g/mol. The van der Waals surface area contributed by atoms with Crippen molar-refractivity contribution in [2.24, 2.45) is 11.7 Å². The van der Waals surface area contributed by atoms with Crippen LogP contribution in [0.25, 0.3) is 0 Å². The molecule has 1 rings (SSSR count). The molecule has 1 fully saturated rings. The van der Waals surface area contributed by atoms with E-state index in [9.17, 15) is 8.42 Å². The molecule has 114 valence electrons. The second-order valence-electron chi connectivity index (χ2n) is 5.76. The molecule has 0 bridgehead atoms. The summed E-state index contributed by atoms with van der Waals surface area (Å²) in [4.78, 5) is 0. The van der Waals surface area contributed by atoms with Crippen molar-refractivity contribution in [3.63, 3.8) is 0 Å². The fraction of sp³-hybridized carbons (Fsp3) is 1.00. The number of ether oxygens (including phenoxy) is 1. The van der Waals surface area contributed by atoms with Gasteiger partial charge in [0.25, 0.3) is 0 Å². The van der Waals surface area contributed by atoms with Crippen LogP contribution in [0.1, 0.15) is 39.0 Å². The van der Waals surface area contributed by atoms with Crippen LogP contribution in [-0.4, -0.2) is 51.3 Å². The lowest BCUT2D eigenvalue weighted by atomic mass is 9.76. The number of nitrogens with two attached hydrogens (primary N) is 1. The standard InChI is InChI=1S/C13H28N2O3S/c1-12-6-4-7-13(10-12,11-14)15(2)19(16,17)9-5-8-18-3/h12H,4-11,14H2,1-3H3. The molecule has 0 saturated heterocycles. The second-order valence-corrected chi connectivity index (χ2v) is 7.88. The molecule has 1 saturated carbocycles. The van der Waals surface area contributed by atoms with E-state index in [4.69, 9.17) is 10.5 Å². The van der Waals surface area contributed by atoms with Crippen LogP contribution >= 0.6 is 0 Å². The van der Waals surface area contributed by atoms with Gasteiger partial charge < -0.3 is 10.5 Å². The van der Waals surface area contributed by atoms with Crippen LogP contribution in [0.4, 0.5) is 0 Å². The molecule has 1 aliphatic carbocycles. The van der Waals surface area contributed by atoms with Gasteiger partial charge in [0.1, 0.15) is 0 Å². The summed E-state index contributed by atoms with van der Waals surface area (Å²) >= 11 is 0. The van der Waals surface area contributed by atoms with Crippen molar-refractivity contribution in [3.8, 4) is 0 Å². The molecule has 0 aliphatic heterocycles. The highest BCUT2D eigenvalue weighted by Crippen LogP contribution is 2.37. The van der Waals surface area contributed by atoms with Gasteiger partial charge in [-0.1, -0.05) is 19.8 Å². The summed E-state index contributed by atoms with van der Waals surface area (Å²) < 4.78 is 31.3. The third kappa shape index (κ3) is 4.15. The first-order valence-electron chi connectivity index (χ1n) is 7.04. The molecule has 19 heavy (non-hydrogen) atoms. The van der Waals surface area contributed by atoms with Crippen LogP contribution in [-0.2, 0) is 14.8 Å². The highest BCUT2D eigenvalue weighted by Gasteiger charge is 2.42. The van der Waals surface area contributed by atoms with Crippen LogP contribution in [0.3, 0.4) is 0 Å². The Hall–Kier alpha value is -0.170. The van der Waals surface area contributed by atoms with Crippen LogP contribution in [0.15, 0.2) is 0 Å². The van der Waals surface area contributed by atoms with Crippen LogP contribution in [0.2, 0.25) is 0 Å². The van der Waals surface area contributed by atoms with Gasteiger partial charge in [0, 0.05) is 32.8 Å². The van der Waals surface area contributed by atoms with Crippen molar-refractivity contribution >= 4 is 10.0 Å². The first kappa shape index (κ1) is 16.9. The molecule has 5 nitrogen and oxygen atoms in total. The van der Waals surface area contributed by atoms with Gasteiger partial charge in [-0.25, -0.2) is 8.42 Å². The molecule has 0 aromatic heterocycles. The number of likely N-dealkylation sites (N-methyl/N-ethyl adjacent to an activating group) is 1. The smallest absolute Gasteiger partial charge is 0.214 e. The van der Waals surface area contributed by atoms with E-state index < -0.39 is 10.0 Å². The summed E-state index contributed by atoms with van der Waals surface area (Å²) in [5.74, 6) is 0.668. The number of nitrogens with zero attached hydrogens (tertiary/aromatic N) is 1. The maximum absolute atomic E-state index is 12.4. The molecule has 0 aromatic rings. The Bertz CT molecular complexity index is 372. The van der Waals surface area contributed by atoms with E-state index in [1.807, 2.05) is 0 Å². The minimum Gasteiger partial charge on any atom is -0.385 e. The first-order chi connectivity index (χ1) is 8.88. The Balaban J connectivity index is 2.79. The summed E-state index contributed by atoms with van der Waals surface area (Å²) in [6, 6.07) is 0. The van der Waals surface area contributed by atoms with E-state index >= 15 is 0 Å². The number of hydrogen-bond donors (Lipinski definition) is 1. The van der Waals surface area contributed by atoms with E-state index in [-0.39, 0.29) is 11.3 Å². The molecule has 2 N–H and O–H groups in total. The zero-order valence-corrected chi connectivity index (χ0v) is 13.2. The summed E-state index contributed by atoms with van der Waals surface area (Å²) in [5, 5.41) is 0. The molecule has 0 heterocycles. The maximum Gasteiger partial charge on any atom is 0.214 e. The number of rotatable bonds is 7. The van der Waals surface area contributed by atoms with E-state index in [1.165, 1.54) is 6.42 Å². The van der Waals surface area contributed by atoms with Crippen molar-refractivity contribution < 1.29 is 13.2 Å². The van der Waals surface area contributed by atoms with E-state index in [0.717, 1.165) is 19.3 Å². The Morgan fingerprint density at radius 1 is 1.47 bits per heavy atom. The molecule has 1 aliphatic rings. The zero-order chi connectivity index (χ0) is 14.5. The lowest BCUT2D eigenvalue weighted by Crippen LogP contribution is -2.57. The molecule has 0 radical (unpaired) electrons. The van der Waals surface area contributed by atoms with Crippen molar-refractivity contribution in [1.82, 2.24) is 4.31 Å². The van der Waals surface area contributed by atoms with Gasteiger partial charge in [-0.05, 0) is 25.2 Å². The third-order valence-corrected chi connectivity index (χ3v) is 6.31. The molecule has 2 unspecified atom stereocenters. The van der Waals surface area contributed by atoms with E-state index in [0.29, 0.717) is 25.5 Å². The molecular weight excluding hydrogens is 264 g/mol. The fourth-order valence-electron chi connectivity index (χ4n) is 3.05. The summed E-state index contributed by atoms with van der Waals surface area (Å²) in [6.45, 7) is 3.05. The second kappa shape index (κ2) is 7.02. The average Bonchev–Trinajstić information content (AvgIpc) is 2.38. The Kier molecular flexibility index (Phi) is 6.23. The minimum atomic E-state index is -3.25. The van der Waals surface area contributed by atoms with Crippen molar-refractivity contribution in [1.29, 1.82) is 0 Å². The molecule has 0 aromatic carbocycles. The fourth-order valence-corrected chi connectivity index (χ4v) is 4.64. The van der Waals surface area contributed by atoms with Crippen LogP contribution in [0, 0.1) is 5.92 Å². The lowest BCUT2D eigenvalue weighted by molar-refractivity contribution is 0.127. The monoisotopic (exact) mass is 292 g/mol. The molecular formula is C13H28N2O3S. The van der Waals surface area contributed by atoms with Crippen molar-refractivity contribution in [3.05, 3.63) is 0 Å². The highest BCUT2D eigenvalue weighted by atomic mass is 32.2. The summed E-state index contributed by atoms with van der Waals surface area (Å²) in [7, 11) is 0.0186. The van der Waals surface area contributed by atoms with Crippen molar-refractivity contribution in [2.45, 2.75) is 44.6 Å². The van der Waals surface area contributed by atoms with Gasteiger partial charge in [-0.15, -0.1) is 0 Å². The SMILES string of the molecule is COCCCS(=O)(=O)N(C)C1(CN)CCCC(C)C1. The predicted octanol–water partition coefficient (Wildman–Crippen LogP) is 1.19.